The first kappa shape index (κ1) is 14.3. The van der Waals surface area contributed by atoms with Crippen LogP contribution in [0, 0.1) is 0 Å². The van der Waals surface area contributed by atoms with Gasteiger partial charge in [-0.05, 0) is 30.5 Å². The lowest BCUT2D eigenvalue weighted by Crippen LogP contribution is -2.25. The average Bonchev–Trinajstić information content (AvgIpc) is 3.24. The zero-order valence-corrected chi connectivity index (χ0v) is 12.2. The normalized spacial score (nSPS) is 13.9. The number of amides is 1. The zero-order chi connectivity index (χ0) is 15.7. The van der Waals surface area contributed by atoms with Crippen LogP contribution in [0.25, 0.3) is 0 Å². The molecule has 1 fully saturated rings. The van der Waals surface area contributed by atoms with E-state index in [4.69, 9.17) is 9.63 Å². The monoisotopic (exact) mass is 300 g/mol. The highest BCUT2D eigenvalue weighted by molar-refractivity contribution is 5.91. The minimum Gasteiger partial charge on any atom is -0.478 e. The maximum Gasteiger partial charge on any atom is 0.335 e. The molecule has 0 radical (unpaired) electrons. The summed E-state index contributed by atoms with van der Waals surface area (Å²) < 4.78 is 5.12. The molecule has 1 aromatic heterocycles. The minimum absolute atomic E-state index is 0.224. The number of hydrogen-bond acceptors (Lipinski definition) is 4. The van der Waals surface area contributed by atoms with Gasteiger partial charge in [-0.3, -0.25) is 4.79 Å². The lowest BCUT2D eigenvalue weighted by molar-refractivity contribution is 0.0694. The number of aromatic carboxylic acids is 1. The van der Waals surface area contributed by atoms with Gasteiger partial charge in [-0.25, -0.2) is 4.79 Å². The van der Waals surface area contributed by atoms with Crippen molar-refractivity contribution >= 4 is 11.9 Å². The molecule has 3 rings (SSSR count). The molecule has 1 saturated carbocycles. The Kier molecular flexibility index (Phi) is 3.66. The lowest BCUT2D eigenvalue weighted by atomic mass is 10.1. The predicted octanol–water partition coefficient (Wildman–Crippen LogP) is 2.52. The molecule has 0 spiro atoms. The first-order valence-electron chi connectivity index (χ1n) is 7.09. The summed E-state index contributed by atoms with van der Waals surface area (Å²) in [6.07, 6.45) is 2.21. The Morgan fingerprint density at radius 1 is 1.32 bits per heavy atom. The van der Waals surface area contributed by atoms with Crippen molar-refractivity contribution in [2.45, 2.75) is 25.3 Å². The second-order valence-electron chi connectivity index (χ2n) is 5.55. The summed E-state index contributed by atoms with van der Waals surface area (Å²) in [6, 6.07) is 8.15. The SMILES string of the molecule is CN(Cc1ccc(C(=O)O)cc1)C(=O)c1cc(C2CC2)no1. The van der Waals surface area contributed by atoms with Crippen molar-refractivity contribution in [3.05, 3.63) is 52.9 Å². The van der Waals surface area contributed by atoms with E-state index in [0.717, 1.165) is 24.1 Å². The third-order valence-corrected chi connectivity index (χ3v) is 3.70. The van der Waals surface area contributed by atoms with Gasteiger partial charge in [0.25, 0.3) is 5.91 Å². The highest BCUT2D eigenvalue weighted by Gasteiger charge is 2.28. The van der Waals surface area contributed by atoms with Gasteiger partial charge >= 0.3 is 5.97 Å². The first-order chi connectivity index (χ1) is 10.5. The Balaban J connectivity index is 1.65. The van der Waals surface area contributed by atoms with E-state index >= 15 is 0 Å². The molecule has 0 aliphatic heterocycles. The first-order valence-corrected chi connectivity index (χ1v) is 7.09. The summed E-state index contributed by atoms with van der Waals surface area (Å²) in [4.78, 5) is 24.6. The Morgan fingerprint density at radius 2 is 2.00 bits per heavy atom. The number of benzene rings is 1. The van der Waals surface area contributed by atoms with E-state index in [9.17, 15) is 9.59 Å². The topological polar surface area (TPSA) is 83.6 Å². The molecule has 1 aliphatic carbocycles. The van der Waals surface area contributed by atoms with Gasteiger partial charge in [0.1, 0.15) is 0 Å². The van der Waals surface area contributed by atoms with Gasteiger partial charge in [0, 0.05) is 25.6 Å². The quantitative estimate of drug-likeness (QED) is 0.917. The standard InChI is InChI=1S/C16H16N2O4/c1-18(9-10-2-4-12(5-3-10)16(20)21)15(19)14-8-13(17-22-14)11-6-7-11/h2-5,8,11H,6-7,9H2,1H3,(H,20,21). The van der Waals surface area contributed by atoms with E-state index in [0.29, 0.717) is 12.5 Å². The number of hydrogen-bond donors (Lipinski definition) is 1. The lowest BCUT2D eigenvalue weighted by Gasteiger charge is -2.15. The molecule has 0 bridgehead atoms. The fourth-order valence-corrected chi connectivity index (χ4v) is 2.25. The van der Waals surface area contributed by atoms with Crippen LogP contribution in [0.5, 0.6) is 0 Å². The molecule has 1 amide bonds. The summed E-state index contributed by atoms with van der Waals surface area (Å²) in [6.45, 7) is 0.373. The number of nitrogens with zero attached hydrogens (tertiary/aromatic N) is 2. The molecular weight excluding hydrogens is 284 g/mol. The van der Waals surface area contributed by atoms with Crippen molar-refractivity contribution < 1.29 is 19.2 Å². The van der Waals surface area contributed by atoms with E-state index in [1.165, 1.54) is 17.0 Å². The largest absolute Gasteiger partial charge is 0.478 e. The van der Waals surface area contributed by atoms with Gasteiger partial charge < -0.3 is 14.5 Å². The number of carboxylic acid groups (broad SMARTS) is 1. The Labute approximate surface area is 127 Å². The van der Waals surface area contributed by atoms with Crippen LogP contribution in [0.1, 0.15) is 50.9 Å². The van der Waals surface area contributed by atoms with Gasteiger partial charge in [0.15, 0.2) is 0 Å². The van der Waals surface area contributed by atoms with Crippen LogP contribution in [-0.4, -0.2) is 34.1 Å². The predicted molar refractivity (Wildman–Crippen MR) is 77.7 cm³/mol. The number of carbonyl (C=O) groups excluding carboxylic acids is 1. The summed E-state index contributed by atoms with van der Waals surface area (Å²) in [5.74, 6) is -0.516. The maximum atomic E-state index is 12.3. The molecule has 114 valence electrons. The third-order valence-electron chi connectivity index (χ3n) is 3.70. The minimum atomic E-state index is -0.967. The van der Waals surface area contributed by atoms with Gasteiger partial charge in [-0.1, -0.05) is 17.3 Å². The molecular formula is C16H16N2O4. The summed E-state index contributed by atoms with van der Waals surface area (Å²) in [7, 11) is 1.67. The molecule has 1 heterocycles. The molecule has 6 heteroatoms. The number of aromatic nitrogens is 1. The molecule has 1 aliphatic rings. The number of carbonyl (C=O) groups is 2. The smallest absolute Gasteiger partial charge is 0.335 e. The van der Waals surface area contributed by atoms with Gasteiger partial charge in [-0.2, -0.15) is 0 Å². The van der Waals surface area contributed by atoms with E-state index in [1.54, 1.807) is 25.2 Å². The van der Waals surface area contributed by atoms with Crippen molar-refractivity contribution in [2.24, 2.45) is 0 Å². The van der Waals surface area contributed by atoms with Crippen molar-refractivity contribution in [2.75, 3.05) is 7.05 Å². The van der Waals surface area contributed by atoms with Crippen molar-refractivity contribution in [1.82, 2.24) is 10.1 Å². The Morgan fingerprint density at radius 3 is 2.59 bits per heavy atom. The van der Waals surface area contributed by atoms with Crippen LogP contribution >= 0.6 is 0 Å². The van der Waals surface area contributed by atoms with Gasteiger partial charge in [-0.15, -0.1) is 0 Å². The van der Waals surface area contributed by atoms with Crippen LogP contribution in [0.4, 0.5) is 0 Å². The highest BCUT2D eigenvalue weighted by Crippen LogP contribution is 2.39. The second-order valence-corrected chi connectivity index (χ2v) is 5.55. The molecule has 1 aromatic carbocycles. The van der Waals surface area contributed by atoms with Gasteiger partial charge in [0.2, 0.25) is 5.76 Å². The van der Waals surface area contributed by atoms with Crippen LogP contribution in [-0.2, 0) is 6.54 Å². The van der Waals surface area contributed by atoms with Crippen LogP contribution in [0.15, 0.2) is 34.9 Å². The van der Waals surface area contributed by atoms with E-state index in [-0.39, 0.29) is 17.2 Å². The zero-order valence-electron chi connectivity index (χ0n) is 12.2. The molecule has 0 unspecified atom stereocenters. The van der Waals surface area contributed by atoms with Crippen molar-refractivity contribution in [3.63, 3.8) is 0 Å². The van der Waals surface area contributed by atoms with E-state index < -0.39 is 5.97 Å². The highest BCUT2D eigenvalue weighted by atomic mass is 16.5. The molecule has 6 nitrogen and oxygen atoms in total. The number of carboxylic acids is 1. The molecule has 22 heavy (non-hydrogen) atoms. The fourth-order valence-electron chi connectivity index (χ4n) is 2.25. The van der Waals surface area contributed by atoms with Crippen LogP contribution in [0.2, 0.25) is 0 Å². The summed E-state index contributed by atoms with van der Waals surface area (Å²) in [5.41, 5.74) is 1.92. The Bertz CT molecular complexity index is 701. The van der Waals surface area contributed by atoms with Gasteiger partial charge in [0.05, 0.1) is 11.3 Å². The van der Waals surface area contributed by atoms with Crippen molar-refractivity contribution in [3.8, 4) is 0 Å². The fraction of sp³-hybridized carbons (Fsp3) is 0.312. The van der Waals surface area contributed by atoms with Crippen molar-refractivity contribution in [1.29, 1.82) is 0 Å². The number of rotatable bonds is 5. The van der Waals surface area contributed by atoms with Crippen LogP contribution < -0.4 is 0 Å². The molecule has 0 saturated heterocycles. The van der Waals surface area contributed by atoms with E-state index in [1.807, 2.05) is 0 Å². The van der Waals surface area contributed by atoms with E-state index in [2.05, 4.69) is 5.16 Å². The third kappa shape index (κ3) is 3.00. The second kappa shape index (κ2) is 5.63. The van der Waals surface area contributed by atoms with Crippen LogP contribution in [0.3, 0.4) is 0 Å². The Hall–Kier alpha value is -2.63. The summed E-state index contributed by atoms with van der Waals surface area (Å²) in [5, 5.41) is 12.8. The maximum absolute atomic E-state index is 12.3. The average molecular weight is 300 g/mol. The summed E-state index contributed by atoms with van der Waals surface area (Å²) >= 11 is 0. The molecule has 0 atom stereocenters. The molecule has 1 N–H and O–H groups in total. The molecule has 2 aromatic rings.